The molecule has 0 unspecified atom stereocenters. The number of nitriles is 1. The summed E-state index contributed by atoms with van der Waals surface area (Å²) in [5.41, 5.74) is 1.82. The van der Waals surface area contributed by atoms with Crippen molar-refractivity contribution in [1.29, 1.82) is 5.26 Å². The van der Waals surface area contributed by atoms with Crippen molar-refractivity contribution in [2.24, 2.45) is 0 Å². The number of carbonyl (C=O) groups is 1. The molecule has 1 N–H and O–H groups in total. The first-order valence-electron chi connectivity index (χ1n) is 7.87. The summed E-state index contributed by atoms with van der Waals surface area (Å²) in [4.78, 5) is 12.2. The van der Waals surface area contributed by atoms with Crippen molar-refractivity contribution in [1.82, 2.24) is 9.78 Å². The van der Waals surface area contributed by atoms with Gasteiger partial charge in [0.2, 0.25) is 0 Å². The standard InChI is InChI=1S/C19H14F2N4O/c1-2-14-10-18(23-19(26)16-8-5-13(20)9-17(16)21)24-25(14)15-6-3-12(11-22)4-7-15/h3-10H,2H2,1H3,(H,23,24,26). The number of hydrogen-bond acceptors (Lipinski definition) is 3. The van der Waals surface area contributed by atoms with E-state index >= 15 is 0 Å². The van der Waals surface area contributed by atoms with Crippen LogP contribution in [0.3, 0.4) is 0 Å². The predicted octanol–water partition coefficient (Wildman–Crippen LogP) is 3.84. The van der Waals surface area contributed by atoms with Gasteiger partial charge in [-0.3, -0.25) is 4.79 Å². The molecule has 1 aromatic heterocycles. The van der Waals surface area contributed by atoms with E-state index in [2.05, 4.69) is 10.4 Å². The Morgan fingerprint density at radius 2 is 1.92 bits per heavy atom. The van der Waals surface area contributed by atoms with E-state index in [4.69, 9.17) is 5.26 Å². The number of aryl methyl sites for hydroxylation is 1. The molecule has 0 saturated heterocycles. The number of aromatic nitrogens is 2. The lowest BCUT2D eigenvalue weighted by Crippen LogP contribution is -2.14. The highest BCUT2D eigenvalue weighted by Gasteiger charge is 2.15. The number of nitrogens with one attached hydrogen (secondary N) is 1. The van der Waals surface area contributed by atoms with Crippen LogP contribution in [-0.4, -0.2) is 15.7 Å². The first-order chi connectivity index (χ1) is 12.5. The van der Waals surface area contributed by atoms with Gasteiger partial charge in [0.05, 0.1) is 22.9 Å². The Labute approximate surface area is 148 Å². The summed E-state index contributed by atoms with van der Waals surface area (Å²) in [6, 6.07) is 13.3. The lowest BCUT2D eigenvalue weighted by atomic mass is 10.2. The zero-order valence-electron chi connectivity index (χ0n) is 13.8. The number of hydrogen-bond donors (Lipinski definition) is 1. The minimum atomic E-state index is -0.940. The Balaban J connectivity index is 1.88. The number of nitrogens with zero attached hydrogens (tertiary/aromatic N) is 3. The average Bonchev–Trinajstić information content (AvgIpc) is 3.04. The van der Waals surface area contributed by atoms with Gasteiger partial charge in [-0.15, -0.1) is 5.10 Å². The number of anilines is 1. The summed E-state index contributed by atoms with van der Waals surface area (Å²) in [6.07, 6.45) is 0.647. The van der Waals surface area contributed by atoms with E-state index in [1.807, 2.05) is 13.0 Å². The summed E-state index contributed by atoms with van der Waals surface area (Å²) in [5, 5.41) is 15.7. The zero-order chi connectivity index (χ0) is 18.7. The van der Waals surface area contributed by atoms with Gasteiger partial charge in [-0.2, -0.15) is 5.26 Å². The SMILES string of the molecule is CCc1cc(NC(=O)c2ccc(F)cc2F)nn1-c1ccc(C#N)cc1. The van der Waals surface area contributed by atoms with Gasteiger partial charge < -0.3 is 5.32 Å². The monoisotopic (exact) mass is 352 g/mol. The molecular formula is C19H14F2N4O. The van der Waals surface area contributed by atoms with Crippen LogP contribution >= 0.6 is 0 Å². The van der Waals surface area contributed by atoms with Crippen LogP contribution in [0, 0.1) is 23.0 Å². The van der Waals surface area contributed by atoms with Gasteiger partial charge in [-0.1, -0.05) is 6.92 Å². The van der Waals surface area contributed by atoms with Crippen molar-refractivity contribution in [3.8, 4) is 11.8 Å². The Bertz CT molecular complexity index is 1000. The van der Waals surface area contributed by atoms with Crippen LogP contribution in [0.4, 0.5) is 14.6 Å². The van der Waals surface area contributed by atoms with Crippen LogP contribution in [-0.2, 0) is 6.42 Å². The fourth-order valence-electron chi connectivity index (χ4n) is 2.49. The van der Waals surface area contributed by atoms with Crippen LogP contribution in [0.2, 0.25) is 0 Å². The summed E-state index contributed by atoms with van der Waals surface area (Å²) >= 11 is 0. The number of benzene rings is 2. The molecule has 5 nitrogen and oxygen atoms in total. The van der Waals surface area contributed by atoms with Gasteiger partial charge in [-0.25, -0.2) is 13.5 Å². The third-order valence-electron chi connectivity index (χ3n) is 3.80. The molecule has 0 aliphatic carbocycles. The highest BCUT2D eigenvalue weighted by Crippen LogP contribution is 2.18. The summed E-state index contributed by atoms with van der Waals surface area (Å²) in [7, 11) is 0. The number of amides is 1. The zero-order valence-corrected chi connectivity index (χ0v) is 13.8. The lowest BCUT2D eigenvalue weighted by Gasteiger charge is -2.05. The van der Waals surface area contributed by atoms with E-state index in [-0.39, 0.29) is 11.4 Å². The molecule has 0 spiro atoms. The van der Waals surface area contributed by atoms with Gasteiger partial charge in [0.15, 0.2) is 5.82 Å². The van der Waals surface area contributed by atoms with Crippen LogP contribution in [0.1, 0.15) is 28.5 Å². The fourth-order valence-corrected chi connectivity index (χ4v) is 2.49. The molecule has 0 radical (unpaired) electrons. The van der Waals surface area contributed by atoms with E-state index < -0.39 is 17.5 Å². The molecule has 0 saturated carbocycles. The van der Waals surface area contributed by atoms with E-state index in [0.717, 1.165) is 23.5 Å². The summed E-state index contributed by atoms with van der Waals surface area (Å²) in [6.45, 7) is 1.93. The van der Waals surface area contributed by atoms with Gasteiger partial charge in [-0.05, 0) is 42.8 Å². The molecule has 0 atom stereocenters. The lowest BCUT2D eigenvalue weighted by molar-refractivity contribution is 0.102. The van der Waals surface area contributed by atoms with Crippen LogP contribution < -0.4 is 5.32 Å². The summed E-state index contributed by atoms with van der Waals surface area (Å²) in [5.74, 6) is -2.16. The normalized spacial score (nSPS) is 10.4. The molecule has 3 aromatic rings. The average molecular weight is 352 g/mol. The first-order valence-corrected chi connectivity index (χ1v) is 7.87. The van der Waals surface area contributed by atoms with Gasteiger partial charge in [0, 0.05) is 17.8 Å². The van der Waals surface area contributed by atoms with Crippen molar-refractivity contribution in [2.75, 3.05) is 5.32 Å². The minimum Gasteiger partial charge on any atom is -0.305 e. The maximum atomic E-state index is 13.7. The van der Waals surface area contributed by atoms with Crippen molar-refractivity contribution in [3.05, 3.63) is 77.0 Å². The highest BCUT2D eigenvalue weighted by molar-refractivity contribution is 6.03. The second kappa shape index (κ2) is 7.15. The van der Waals surface area contributed by atoms with E-state index in [9.17, 15) is 13.6 Å². The fraction of sp³-hybridized carbons (Fsp3) is 0.105. The second-order valence-corrected chi connectivity index (χ2v) is 5.52. The smallest absolute Gasteiger partial charge is 0.259 e. The van der Waals surface area contributed by atoms with Crippen LogP contribution in [0.15, 0.2) is 48.5 Å². The van der Waals surface area contributed by atoms with Crippen molar-refractivity contribution < 1.29 is 13.6 Å². The highest BCUT2D eigenvalue weighted by atomic mass is 19.1. The molecule has 0 fully saturated rings. The molecule has 7 heteroatoms. The molecule has 1 amide bonds. The largest absolute Gasteiger partial charge is 0.305 e. The van der Waals surface area contributed by atoms with Gasteiger partial charge in [0.1, 0.15) is 11.6 Å². The minimum absolute atomic E-state index is 0.250. The predicted molar refractivity (Wildman–Crippen MR) is 92.0 cm³/mol. The first kappa shape index (κ1) is 17.3. The van der Waals surface area contributed by atoms with Crippen molar-refractivity contribution in [2.45, 2.75) is 13.3 Å². The quantitative estimate of drug-likeness (QED) is 0.776. The van der Waals surface area contributed by atoms with Gasteiger partial charge in [0.25, 0.3) is 5.91 Å². The topological polar surface area (TPSA) is 70.7 Å². The molecule has 2 aromatic carbocycles. The Morgan fingerprint density at radius 1 is 1.19 bits per heavy atom. The molecular weight excluding hydrogens is 338 g/mol. The third-order valence-corrected chi connectivity index (χ3v) is 3.80. The van der Waals surface area contributed by atoms with E-state index in [1.165, 1.54) is 0 Å². The molecule has 0 aliphatic heterocycles. The summed E-state index contributed by atoms with van der Waals surface area (Å²) < 4.78 is 28.3. The molecule has 0 bridgehead atoms. The third kappa shape index (κ3) is 3.44. The van der Waals surface area contributed by atoms with Crippen LogP contribution in [0.25, 0.3) is 5.69 Å². The Hall–Kier alpha value is -3.53. The molecule has 130 valence electrons. The maximum Gasteiger partial charge on any atom is 0.259 e. The number of halogens is 2. The molecule has 1 heterocycles. The second-order valence-electron chi connectivity index (χ2n) is 5.52. The van der Waals surface area contributed by atoms with Crippen molar-refractivity contribution in [3.63, 3.8) is 0 Å². The number of carbonyl (C=O) groups excluding carboxylic acids is 1. The van der Waals surface area contributed by atoms with Crippen LogP contribution in [0.5, 0.6) is 0 Å². The molecule has 26 heavy (non-hydrogen) atoms. The maximum absolute atomic E-state index is 13.7. The Morgan fingerprint density at radius 3 is 2.54 bits per heavy atom. The Kier molecular flexibility index (Phi) is 4.76. The van der Waals surface area contributed by atoms with Gasteiger partial charge >= 0.3 is 0 Å². The van der Waals surface area contributed by atoms with E-state index in [0.29, 0.717) is 18.1 Å². The van der Waals surface area contributed by atoms with Crippen molar-refractivity contribution >= 4 is 11.7 Å². The van der Waals surface area contributed by atoms with E-state index in [1.54, 1.807) is 35.0 Å². The number of rotatable bonds is 4. The molecule has 0 aliphatic rings. The molecule has 3 rings (SSSR count).